The van der Waals surface area contributed by atoms with Crippen molar-refractivity contribution in [1.82, 2.24) is 0 Å². The van der Waals surface area contributed by atoms with Crippen molar-refractivity contribution in [3.63, 3.8) is 0 Å². The summed E-state index contributed by atoms with van der Waals surface area (Å²) in [6.45, 7) is 11.8. The second-order valence-electron chi connectivity index (χ2n) is 5.78. The number of rotatable bonds is 4. The molecule has 0 aromatic rings. The molecule has 0 radical (unpaired) electrons. The summed E-state index contributed by atoms with van der Waals surface area (Å²) < 4.78 is 16.6. The van der Waals surface area contributed by atoms with Gasteiger partial charge in [-0.05, 0) is 18.1 Å². The number of hydrogen-bond acceptors (Lipinski definition) is 4. The first-order valence-corrected chi connectivity index (χ1v) is 8.67. The Labute approximate surface area is 99.0 Å². The van der Waals surface area contributed by atoms with Gasteiger partial charge in [-0.1, -0.05) is 20.8 Å². The van der Waals surface area contributed by atoms with Crippen LogP contribution in [0.15, 0.2) is 0 Å². The minimum absolute atomic E-state index is 0.00840. The normalized spacial score (nSPS) is 27.4. The van der Waals surface area contributed by atoms with Crippen LogP contribution < -0.4 is 0 Å². The molecule has 1 heterocycles. The van der Waals surface area contributed by atoms with Gasteiger partial charge in [-0.25, -0.2) is 0 Å². The Kier molecular flexibility index (Phi) is 4.54. The second-order valence-corrected chi connectivity index (χ2v) is 10.6. The predicted octanol–water partition coefficient (Wildman–Crippen LogP) is 1.74. The molecule has 0 aliphatic carbocycles. The quantitative estimate of drug-likeness (QED) is 0.770. The van der Waals surface area contributed by atoms with E-state index in [2.05, 4.69) is 33.9 Å². The molecule has 0 saturated carbocycles. The highest BCUT2D eigenvalue weighted by Crippen LogP contribution is 2.36. The first-order valence-electron chi connectivity index (χ1n) is 5.76. The zero-order chi connectivity index (χ0) is 12.4. The van der Waals surface area contributed by atoms with Crippen LogP contribution in [0.25, 0.3) is 0 Å². The maximum absolute atomic E-state index is 9.08. The van der Waals surface area contributed by atoms with Gasteiger partial charge in [0, 0.05) is 0 Å². The fraction of sp³-hybridized carbons (Fsp3) is 1.00. The Hall–Kier alpha value is 0.0569. The van der Waals surface area contributed by atoms with E-state index in [0.29, 0.717) is 6.61 Å². The first-order chi connectivity index (χ1) is 7.28. The van der Waals surface area contributed by atoms with Gasteiger partial charge in [0.2, 0.25) is 0 Å². The van der Waals surface area contributed by atoms with Crippen LogP contribution >= 0.6 is 0 Å². The minimum Gasteiger partial charge on any atom is -0.414 e. The standard InChI is InChI=1S/C11H24O4Si/c1-11(2,3)16(4,5)15-7-10-9(6-12)13-8-14-10/h9-10,12H,6-8H2,1-5H3/t9-,10-/m0/s1. The molecule has 0 aromatic carbocycles. The average molecular weight is 248 g/mol. The van der Waals surface area contributed by atoms with Crippen molar-refractivity contribution < 1.29 is 19.0 Å². The summed E-state index contributed by atoms with van der Waals surface area (Å²) in [6.07, 6.45) is -0.358. The molecule has 0 unspecified atom stereocenters. The third kappa shape index (κ3) is 3.27. The van der Waals surface area contributed by atoms with Crippen molar-refractivity contribution in [2.45, 2.75) is 51.1 Å². The van der Waals surface area contributed by atoms with E-state index in [-0.39, 0.29) is 30.6 Å². The van der Waals surface area contributed by atoms with Gasteiger partial charge in [-0.2, -0.15) is 0 Å². The smallest absolute Gasteiger partial charge is 0.192 e. The maximum atomic E-state index is 9.08. The molecule has 16 heavy (non-hydrogen) atoms. The van der Waals surface area contributed by atoms with Crippen LogP contribution in [-0.4, -0.2) is 45.6 Å². The predicted molar refractivity (Wildman–Crippen MR) is 64.8 cm³/mol. The number of ether oxygens (including phenoxy) is 2. The van der Waals surface area contributed by atoms with Crippen LogP contribution in [0.1, 0.15) is 20.8 Å². The van der Waals surface area contributed by atoms with E-state index in [0.717, 1.165) is 0 Å². The Morgan fingerprint density at radius 2 is 1.81 bits per heavy atom. The summed E-state index contributed by atoms with van der Waals surface area (Å²) in [5, 5.41) is 9.27. The van der Waals surface area contributed by atoms with Crippen molar-refractivity contribution in [3.05, 3.63) is 0 Å². The van der Waals surface area contributed by atoms with Gasteiger partial charge < -0.3 is 19.0 Å². The van der Waals surface area contributed by atoms with Crippen LogP contribution in [-0.2, 0) is 13.9 Å². The summed E-state index contributed by atoms with van der Waals surface area (Å²) >= 11 is 0. The Balaban J connectivity index is 2.45. The van der Waals surface area contributed by atoms with Gasteiger partial charge in [-0.15, -0.1) is 0 Å². The van der Waals surface area contributed by atoms with E-state index < -0.39 is 8.32 Å². The summed E-state index contributed by atoms with van der Waals surface area (Å²) in [7, 11) is -1.73. The average Bonchev–Trinajstić information content (AvgIpc) is 2.60. The zero-order valence-corrected chi connectivity index (χ0v) is 11.9. The van der Waals surface area contributed by atoms with Gasteiger partial charge >= 0.3 is 0 Å². The molecule has 1 saturated heterocycles. The van der Waals surface area contributed by atoms with Crippen molar-refractivity contribution in [3.8, 4) is 0 Å². The molecule has 0 spiro atoms. The van der Waals surface area contributed by atoms with Crippen LogP contribution in [0.5, 0.6) is 0 Å². The van der Waals surface area contributed by atoms with Crippen molar-refractivity contribution >= 4 is 8.32 Å². The van der Waals surface area contributed by atoms with E-state index >= 15 is 0 Å². The highest BCUT2D eigenvalue weighted by molar-refractivity contribution is 6.74. The van der Waals surface area contributed by atoms with E-state index in [1.165, 1.54) is 0 Å². The Morgan fingerprint density at radius 3 is 2.31 bits per heavy atom. The van der Waals surface area contributed by atoms with E-state index in [9.17, 15) is 0 Å². The Morgan fingerprint density at radius 1 is 1.25 bits per heavy atom. The van der Waals surface area contributed by atoms with Gasteiger partial charge in [0.15, 0.2) is 8.32 Å². The molecule has 1 rings (SSSR count). The maximum Gasteiger partial charge on any atom is 0.192 e. The first kappa shape index (κ1) is 14.1. The molecule has 5 heteroatoms. The molecule has 0 bridgehead atoms. The van der Waals surface area contributed by atoms with Crippen molar-refractivity contribution in [2.24, 2.45) is 0 Å². The summed E-state index contributed by atoms with van der Waals surface area (Å²) in [5.41, 5.74) is 0. The van der Waals surface area contributed by atoms with E-state index in [4.69, 9.17) is 19.0 Å². The van der Waals surface area contributed by atoms with Crippen LogP contribution in [0, 0.1) is 0 Å². The molecular weight excluding hydrogens is 224 g/mol. The van der Waals surface area contributed by atoms with E-state index in [1.807, 2.05) is 0 Å². The van der Waals surface area contributed by atoms with Crippen LogP contribution in [0.2, 0.25) is 18.1 Å². The lowest BCUT2D eigenvalue weighted by atomic mass is 10.2. The molecule has 0 aromatic heterocycles. The zero-order valence-electron chi connectivity index (χ0n) is 10.9. The minimum atomic E-state index is -1.73. The van der Waals surface area contributed by atoms with Crippen molar-refractivity contribution in [2.75, 3.05) is 20.0 Å². The molecule has 2 atom stereocenters. The largest absolute Gasteiger partial charge is 0.414 e. The summed E-state index contributed by atoms with van der Waals surface area (Å²) in [5.74, 6) is 0. The SMILES string of the molecule is CC(C)(C)[Si](C)(C)OC[C@@H]1OCO[C@H]1CO. The number of hydrogen-bond donors (Lipinski definition) is 1. The van der Waals surface area contributed by atoms with Gasteiger partial charge in [0.05, 0.1) is 13.2 Å². The molecule has 1 aliphatic rings. The summed E-state index contributed by atoms with van der Waals surface area (Å²) in [6, 6.07) is 0. The van der Waals surface area contributed by atoms with Crippen LogP contribution in [0.4, 0.5) is 0 Å². The fourth-order valence-electron chi connectivity index (χ4n) is 1.26. The lowest BCUT2D eigenvalue weighted by Crippen LogP contribution is -2.44. The van der Waals surface area contributed by atoms with E-state index in [1.54, 1.807) is 0 Å². The van der Waals surface area contributed by atoms with Crippen molar-refractivity contribution in [1.29, 1.82) is 0 Å². The van der Waals surface area contributed by atoms with Crippen LogP contribution in [0.3, 0.4) is 0 Å². The lowest BCUT2D eigenvalue weighted by molar-refractivity contribution is 0.0240. The number of aliphatic hydroxyl groups excluding tert-OH is 1. The lowest BCUT2D eigenvalue weighted by Gasteiger charge is -2.37. The highest BCUT2D eigenvalue weighted by atomic mass is 28.4. The highest BCUT2D eigenvalue weighted by Gasteiger charge is 2.39. The number of aliphatic hydroxyl groups is 1. The topological polar surface area (TPSA) is 47.9 Å². The monoisotopic (exact) mass is 248 g/mol. The molecule has 1 N–H and O–H groups in total. The van der Waals surface area contributed by atoms with Gasteiger partial charge in [0.1, 0.15) is 19.0 Å². The fourth-order valence-corrected chi connectivity index (χ4v) is 2.28. The third-order valence-corrected chi connectivity index (χ3v) is 8.07. The van der Waals surface area contributed by atoms with Gasteiger partial charge in [-0.3, -0.25) is 0 Å². The van der Waals surface area contributed by atoms with Gasteiger partial charge in [0.25, 0.3) is 0 Å². The molecule has 96 valence electrons. The molecule has 1 aliphatic heterocycles. The second kappa shape index (κ2) is 5.14. The molecule has 0 amide bonds. The Bertz CT molecular complexity index is 225. The molecular formula is C11H24O4Si. The summed E-state index contributed by atoms with van der Waals surface area (Å²) in [4.78, 5) is 0. The molecule has 4 nitrogen and oxygen atoms in total. The molecule has 1 fully saturated rings. The third-order valence-electron chi connectivity index (χ3n) is 3.57.